The average Bonchev–Trinajstić information content (AvgIpc) is 3.02. The summed E-state index contributed by atoms with van der Waals surface area (Å²) in [5.41, 5.74) is 8.30. The number of carbonyl (C=O) groups excluding carboxylic acids is 1. The Hall–Kier alpha value is -1.30. The molecule has 3 rings (SSSR count). The van der Waals surface area contributed by atoms with E-state index in [2.05, 4.69) is 11.9 Å². The zero-order valence-corrected chi connectivity index (χ0v) is 14.4. The number of aromatic nitrogens is 2. The molecule has 7 heteroatoms. The first-order valence-corrected chi connectivity index (χ1v) is 6.95. The van der Waals surface area contributed by atoms with Gasteiger partial charge in [0.25, 0.3) is 5.91 Å². The van der Waals surface area contributed by atoms with Gasteiger partial charge in [0.05, 0.1) is 0 Å². The molecule has 5 nitrogen and oxygen atoms in total. The summed E-state index contributed by atoms with van der Waals surface area (Å²) >= 11 is 0. The number of likely N-dealkylation sites (tertiary alicyclic amines) is 1. The molecule has 1 amide bonds. The van der Waals surface area contributed by atoms with Gasteiger partial charge in [-0.3, -0.25) is 4.79 Å². The lowest BCUT2D eigenvalue weighted by Gasteiger charge is -2.21. The second kappa shape index (κ2) is 6.86. The number of nitrogens with zero attached hydrogens (tertiary/aromatic N) is 3. The number of fused-ring (bicyclic) bond motifs is 1. The Bertz CT molecular complexity index is 673. The fourth-order valence-corrected chi connectivity index (χ4v) is 2.71. The molecule has 1 fully saturated rings. The van der Waals surface area contributed by atoms with Crippen molar-refractivity contribution in [2.75, 3.05) is 19.6 Å². The summed E-state index contributed by atoms with van der Waals surface area (Å²) in [4.78, 5) is 18.8. The predicted octanol–water partition coefficient (Wildman–Crippen LogP) is 2.30. The first-order chi connectivity index (χ1) is 9.50. The van der Waals surface area contributed by atoms with Crippen molar-refractivity contribution in [1.29, 1.82) is 0 Å². The van der Waals surface area contributed by atoms with E-state index in [1.165, 1.54) is 0 Å². The number of halogens is 2. The van der Waals surface area contributed by atoms with Crippen LogP contribution >= 0.6 is 24.8 Å². The molecule has 3 heterocycles. The number of pyridine rings is 1. The van der Waals surface area contributed by atoms with Gasteiger partial charge in [-0.1, -0.05) is 6.92 Å². The smallest absolute Gasteiger partial charge is 0.274 e. The molecule has 1 atom stereocenters. The molecule has 0 aromatic carbocycles. The third kappa shape index (κ3) is 3.37. The maximum Gasteiger partial charge on any atom is 0.274 e. The van der Waals surface area contributed by atoms with Crippen LogP contribution < -0.4 is 5.73 Å². The molecular weight excluding hydrogens is 323 g/mol. The highest BCUT2D eigenvalue weighted by molar-refractivity contribution is 5.93. The van der Waals surface area contributed by atoms with Gasteiger partial charge in [0.15, 0.2) is 0 Å². The Balaban J connectivity index is 0.00000121. The highest BCUT2D eigenvalue weighted by Gasteiger charge is 2.35. The first kappa shape index (κ1) is 18.7. The second-order valence-electron chi connectivity index (χ2n) is 6.09. The zero-order valence-electron chi connectivity index (χ0n) is 12.8. The largest absolute Gasteiger partial charge is 0.337 e. The Morgan fingerprint density at radius 2 is 2.18 bits per heavy atom. The van der Waals surface area contributed by atoms with Crippen LogP contribution in [-0.4, -0.2) is 39.8 Å². The van der Waals surface area contributed by atoms with Crippen molar-refractivity contribution in [3.05, 3.63) is 35.8 Å². The fraction of sp³-hybridized carbons (Fsp3) is 0.467. The van der Waals surface area contributed by atoms with E-state index in [0.29, 0.717) is 12.2 Å². The Kier molecular flexibility index (Phi) is 5.84. The van der Waals surface area contributed by atoms with E-state index < -0.39 is 0 Å². The van der Waals surface area contributed by atoms with E-state index >= 15 is 0 Å². The minimum atomic E-state index is 0. The lowest BCUT2D eigenvalue weighted by Crippen LogP contribution is -2.34. The summed E-state index contributed by atoms with van der Waals surface area (Å²) < 4.78 is 1.89. The van der Waals surface area contributed by atoms with E-state index in [1.807, 2.05) is 34.6 Å². The van der Waals surface area contributed by atoms with Crippen molar-refractivity contribution < 1.29 is 4.79 Å². The molecule has 2 aromatic heterocycles. The van der Waals surface area contributed by atoms with E-state index in [1.54, 1.807) is 6.20 Å². The van der Waals surface area contributed by atoms with Crippen LogP contribution in [0, 0.1) is 12.3 Å². The van der Waals surface area contributed by atoms with Gasteiger partial charge in [-0.05, 0) is 43.0 Å². The lowest BCUT2D eigenvalue weighted by atomic mass is 9.90. The quantitative estimate of drug-likeness (QED) is 0.908. The summed E-state index contributed by atoms with van der Waals surface area (Å²) in [6.45, 7) is 6.24. The third-order valence-corrected chi connectivity index (χ3v) is 4.17. The van der Waals surface area contributed by atoms with Crippen LogP contribution in [0.1, 0.15) is 29.4 Å². The Morgan fingerprint density at radius 3 is 2.82 bits per heavy atom. The van der Waals surface area contributed by atoms with Crippen LogP contribution in [0.5, 0.6) is 0 Å². The zero-order chi connectivity index (χ0) is 14.3. The molecule has 1 unspecified atom stereocenters. The number of hydrogen-bond acceptors (Lipinski definition) is 3. The molecule has 0 saturated carbocycles. The lowest BCUT2D eigenvalue weighted by molar-refractivity contribution is 0.0772. The van der Waals surface area contributed by atoms with Crippen LogP contribution in [-0.2, 0) is 0 Å². The van der Waals surface area contributed by atoms with E-state index in [9.17, 15) is 4.79 Å². The maximum absolute atomic E-state index is 12.5. The van der Waals surface area contributed by atoms with Gasteiger partial charge in [0.2, 0.25) is 0 Å². The van der Waals surface area contributed by atoms with Gasteiger partial charge in [0, 0.05) is 25.5 Å². The number of amides is 1. The molecule has 0 aliphatic carbocycles. The summed E-state index contributed by atoms with van der Waals surface area (Å²) in [6, 6.07) is 3.98. The van der Waals surface area contributed by atoms with Crippen molar-refractivity contribution in [3.8, 4) is 0 Å². The summed E-state index contributed by atoms with van der Waals surface area (Å²) in [5, 5.41) is 0. The van der Waals surface area contributed by atoms with Crippen molar-refractivity contribution >= 4 is 36.4 Å². The van der Waals surface area contributed by atoms with Crippen molar-refractivity contribution in [1.82, 2.24) is 14.3 Å². The van der Waals surface area contributed by atoms with Gasteiger partial charge in [-0.15, -0.1) is 24.8 Å². The Labute approximate surface area is 142 Å². The number of aryl methyl sites for hydroxylation is 1. The van der Waals surface area contributed by atoms with E-state index in [0.717, 1.165) is 30.7 Å². The monoisotopic (exact) mass is 344 g/mol. The molecule has 2 aromatic rings. The molecular formula is C15H22Cl2N4O. The topological polar surface area (TPSA) is 63.6 Å². The summed E-state index contributed by atoms with van der Waals surface area (Å²) in [5.74, 6) is 0.00327. The van der Waals surface area contributed by atoms with Crippen molar-refractivity contribution in [3.63, 3.8) is 0 Å². The van der Waals surface area contributed by atoms with Crippen molar-refractivity contribution in [2.45, 2.75) is 20.3 Å². The molecule has 122 valence electrons. The van der Waals surface area contributed by atoms with Crippen LogP contribution in [0.2, 0.25) is 0 Å². The van der Waals surface area contributed by atoms with Gasteiger partial charge in [-0.2, -0.15) is 0 Å². The van der Waals surface area contributed by atoms with Gasteiger partial charge < -0.3 is 15.0 Å². The summed E-state index contributed by atoms with van der Waals surface area (Å²) in [6.07, 6.45) is 4.69. The minimum Gasteiger partial charge on any atom is -0.337 e. The number of rotatable bonds is 2. The standard InChI is InChI=1S/C15H20N4O.2ClH/c1-11-3-5-18-8-12(17-13(18)7-11)14(20)19-6-4-15(2,9-16)10-19;;/h3,5,7-8H,4,6,9-10,16H2,1-2H3;2*1H. The molecule has 0 spiro atoms. The number of nitrogens with two attached hydrogens (primary N) is 1. The SMILES string of the molecule is Cc1ccn2cc(C(=O)N3CCC(C)(CN)C3)nc2c1.Cl.Cl. The van der Waals surface area contributed by atoms with Gasteiger partial charge in [0.1, 0.15) is 11.3 Å². The van der Waals surface area contributed by atoms with Gasteiger partial charge in [-0.25, -0.2) is 4.98 Å². The molecule has 0 radical (unpaired) electrons. The maximum atomic E-state index is 12.5. The molecule has 1 aliphatic rings. The highest BCUT2D eigenvalue weighted by Crippen LogP contribution is 2.29. The first-order valence-electron chi connectivity index (χ1n) is 6.95. The van der Waals surface area contributed by atoms with E-state index in [4.69, 9.17) is 5.73 Å². The molecule has 22 heavy (non-hydrogen) atoms. The summed E-state index contributed by atoms with van der Waals surface area (Å²) in [7, 11) is 0. The average molecular weight is 345 g/mol. The predicted molar refractivity (Wildman–Crippen MR) is 92.1 cm³/mol. The normalized spacial score (nSPS) is 20.6. The van der Waals surface area contributed by atoms with Crippen LogP contribution in [0.4, 0.5) is 0 Å². The van der Waals surface area contributed by atoms with Crippen LogP contribution in [0.3, 0.4) is 0 Å². The molecule has 1 aliphatic heterocycles. The number of imidazole rings is 1. The highest BCUT2D eigenvalue weighted by atomic mass is 35.5. The second-order valence-corrected chi connectivity index (χ2v) is 6.09. The van der Waals surface area contributed by atoms with Crippen LogP contribution in [0.25, 0.3) is 5.65 Å². The van der Waals surface area contributed by atoms with Crippen LogP contribution in [0.15, 0.2) is 24.5 Å². The van der Waals surface area contributed by atoms with E-state index in [-0.39, 0.29) is 36.1 Å². The van der Waals surface area contributed by atoms with Gasteiger partial charge >= 0.3 is 0 Å². The van der Waals surface area contributed by atoms with Crippen molar-refractivity contribution in [2.24, 2.45) is 11.1 Å². The molecule has 2 N–H and O–H groups in total. The Morgan fingerprint density at radius 1 is 1.45 bits per heavy atom. The third-order valence-electron chi connectivity index (χ3n) is 4.17. The molecule has 1 saturated heterocycles. The number of carbonyl (C=O) groups is 1. The fourth-order valence-electron chi connectivity index (χ4n) is 2.71. The number of hydrogen-bond donors (Lipinski definition) is 1. The molecule has 0 bridgehead atoms. The minimum absolute atomic E-state index is 0.